The fourth-order valence-electron chi connectivity index (χ4n) is 7.19. The van der Waals surface area contributed by atoms with Crippen LogP contribution in [0.1, 0.15) is 144 Å². The highest BCUT2D eigenvalue weighted by Gasteiger charge is 2.19. The van der Waals surface area contributed by atoms with Crippen LogP contribution in [0.4, 0.5) is 0 Å². The zero-order valence-electron chi connectivity index (χ0n) is 56.2. The number of methoxy groups -OCH3 is 2. The van der Waals surface area contributed by atoms with Gasteiger partial charge in [0.1, 0.15) is 34.5 Å². The third-order valence-electron chi connectivity index (χ3n) is 12.1. The van der Waals surface area contributed by atoms with Crippen LogP contribution in [0.25, 0.3) is 33.4 Å². The first-order valence-corrected chi connectivity index (χ1v) is 29.8. The van der Waals surface area contributed by atoms with E-state index in [0.717, 1.165) is 108 Å². The molecule has 0 aliphatic carbocycles. The van der Waals surface area contributed by atoms with Crippen molar-refractivity contribution in [1.29, 1.82) is 0 Å². The number of benzene rings is 6. The van der Waals surface area contributed by atoms with Gasteiger partial charge in [-0.3, -0.25) is 0 Å². The summed E-state index contributed by atoms with van der Waals surface area (Å²) in [6.45, 7) is 55.8. The van der Waals surface area contributed by atoms with Gasteiger partial charge in [0.25, 0.3) is 0 Å². The lowest BCUT2D eigenvalue weighted by Gasteiger charge is -2.26. The van der Waals surface area contributed by atoms with E-state index in [9.17, 15) is 0 Å². The van der Waals surface area contributed by atoms with E-state index in [1.165, 1.54) is 0 Å². The Morgan fingerprint density at radius 1 is 0.375 bits per heavy atom. The standard InChI is InChI=1S/2C14H20O2.C13H18O2.2C12H16O2.C11H14O2/c1-6-15-14(4,5)16-13-9-7-12(8-10-13)11(2)3;1-5-14(15-6-2)16-13-9-7-12(8-10-13)11(3)4;1-5-14-11(4)15-13-8-6-12(7-9-13)10(2)3;1-9(2)11-5-7-12(8-6-11)14-10(3)13-4;1-4-13-9-14-12-7-5-11(6-8-12)10(2)3;1-9(2)10-4-6-11(7-5-10)13-8-12-3/h7-10H,2,6H2,1,3-5H3;7-10,14H,3,5-6H2,1-2,4H3;6-9,11H,2,5H2,1,3-4H3;5-8,10H,1H2,2-4H3;5-8H,2,4,9H2,1,3H3;4-7H,1,8H2,2-3H3. The molecule has 6 aromatic rings. The Hall–Kier alpha value is -7.68. The zero-order chi connectivity index (χ0) is 66.0. The van der Waals surface area contributed by atoms with Gasteiger partial charge in [0.2, 0.25) is 5.79 Å². The molecular formula is C76H104O12. The third kappa shape index (κ3) is 34.6. The molecule has 0 aliphatic rings. The van der Waals surface area contributed by atoms with Gasteiger partial charge in [-0.25, -0.2) is 0 Å². The van der Waals surface area contributed by atoms with Crippen LogP contribution in [0, 0.1) is 0 Å². The van der Waals surface area contributed by atoms with E-state index < -0.39 is 5.79 Å². The Labute approximate surface area is 530 Å². The van der Waals surface area contributed by atoms with Crippen molar-refractivity contribution < 1.29 is 56.8 Å². The molecule has 6 aromatic carbocycles. The van der Waals surface area contributed by atoms with Crippen LogP contribution < -0.4 is 28.4 Å². The second kappa shape index (κ2) is 44.7. The van der Waals surface area contributed by atoms with Crippen molar-refractivity contribution in [3.63, 3.8) is 0 Å². The highest BCUT2D eigenvalue weighted by Crippen LogP contribution is 2.24. The van der Waals surface area contributed by atoms with Crippen molar-refractivity contribution in [2.45, 2.75) is 135 Å². The van der Waals surface area contributed by atoms with Crippen molar-refractivity contribution >= 4 is 33.4 Å². The van der Waals surface area contributed by atoms with E-state index >= 15 is 0 Å². The number of ether oxygens (including phenoxy) is 12. The van der Waals surface area contributed by atoms with Gasteiger partial charge in [0.05, 0.1) is 0 Å². The average Bonchev–Trinajstić information content (AvgIpc) is 3.66. The maximum atomic E-state index is 5.73. The molecule has 0 aromatic heterocycles. The summed E-state index contributed by atoms with van der Waals surface area (Å²) >= 11 is 0. The van der Waals surface area contributed by atoms with Gasteiger partial charge in [-0.2, -0.15) is 0 Å². The Morgan fingerprint density at radius 3 is 0.966 bits per heavy atom. The van der Waals surface area contributed by atoms with Crippen LogP contribution in [0.15, 0.2) is 185 Å². The smallest absolute Gasteiger partial charge is 0.204 e. The normalized spacial score (nSPS) is 11.3. The van der Waals surface area contributed by atoms with Gasteiger partial charge in [-0.05, 0) is 189 Å². The fraction of sp³-hybridized carbons (Fsp3) is 0.368. The first-order chi connectivity index (χ1) is 41.8. The van der Waals surface area contributed by atoms with E-state index in [0.29, 0.717) is 33.2 Å². The molecule has 12 heteroatoms. The number of rotatable bonds is 29. The summed E-state index contributed by atoms with van der Waals surface area (Å²) in [6.07, 6.45) is 0.271. The summed E-state index contributed by atoms with van der Waals surface area (Å²) in [7, 11) is 3.22. The number of hydrogen-bond donors (Lipinski definition) is 0. The van der Waals surface area contributed by atoms with Gasteiger partial charge >= 0.3 is 0 Å². The van der Waals surface area contributed by atoms with Gasteiger partial charge in [-0.1, -0.05) is 153 Å². The Bertz CT molecular complexity index is 2890. The van der Waals surface area contributed by atoms with Crippen LogP contribution in [-0.2, 0) is 28.4 Å². The van der Waals surface area contributed by atoms with E-state index in [-0.39, 0.29) is 25.7 Å². The molecule has 6 rings (SSSR count). The fourth-order valence-corrected chi connectivity index (χ4v) is 7.19. The Balaban J connectivity index is 0.000000529. The third-order valence-corrected chi connectivity index (χ3v) is 12.1. The van der Waals surface area contributed by atoms with Crippen molar-refractivity contribution in [2.24, 2.45) is 0 Å². The maximum absolute atomic E-state index is 5.73. The monoisotopic (exact) mass is 1210 g/mol. The lowest BCUT2D eigenvalue weighted by atomic mass is 10.1. The highest BCUT2D eigenvalue weighted by atomic mass is 16.7. The van der Waals surface area contributed by atoms with Crippen molar-refractivity contribution in [2.75, 3.05) is 54.2 Å². The molecule has 0 bridgehead atoms. The molecule has 0 radical (unpaired) electrons. The highest BCUT2D eigenvalue weighted by molar-refractivity contribution is 5.65. The molecule has 88 heavy (non-hydrogen) atoms. The van der Waals surface area contributed by atoms with Crippen LogP contribution in [0.2, 0.25) is 0 Å². The van der Waals surface area contributed by atoms with Gasteiger partial charge < -0.3 is 56.8 Å². The summed E-state index contributed by atoms with van der Waals surface area (Å²) in [5.74, 6) is 4.33. The molecule has 480 valence electrons. The molecule has 12 nitrogen and oxygen atoms in total. The lowest BCUT2D eigenvalue weighted by molar-refractivity contribution is -0.152. The SMILES string of the molecule is C=C(C)c1ccc(OC(C)(C)OCC)cc1.C=C(C)c1ccc(OC(C)OC)cc1.C=C(C)c1ccc(OC(C)OCC)cc1.C=C(C)c1ccc(OC(CC)OCC)cc1.C=C(C)c1ccc(OCOC)cc1.C=C(C)c1ccc(OCOCC)cc1. The lowest BCUT2D eigenvalue weighted by Crippen LogP contribution is -2.31. The molecule has 0 saturated carbocycles. The summed E-state index contributed by atoms with van der Waals surface area (Å²) in [5.41, 5.74) is 13.1. The largest absolute Gasteiger partial charge is 0.468 e. The second-order valence-electron chi connectivity index (χ2n) is 20.5. The van der Waals surface area contributed by atoms with Crippen molar-refractivity contribution in [1.82, 2.24) is 0 Å². The van der Waals surface area contributed by atoms with Gasteiger partial charge in [-0.15, -0.1) is 0 Å². The predicted molar refractivity (Wildman–Crippen MR) is 368 cm³/mol. The number of hydrogen-bond acceptors (Lipinski definition) is 12. The van der Waals surface area contributed by atoms with E-state index in [1.807, 2.05) is 249 Å². The Kier molecular flexibility index (Phi) is 39.8. The summed E-state index contributed by atoms with van der Waals surface area (Å²) in [4.78, 5) is 0. The van der Waals surface area contributed by atoms with Crippen molar-refractivity contribution in [3.05, 3.63) is 218 Å². The minimum Gasteiger partial charge on any atom is -0.468 e. The second-order valence-corrected chi connectivity index (χ2v) is 20.5. The molecule has 0 heterocycles. The van der Waals surface area contributed by atoms with Crippen LogP contribution in [0.3, 0.4) is 0 Å². The number of allylic oxidation sites excluding steroid dienone is 6. The molecule has 0 amide bonds. The molecule has 0 saturated heterocycles. The Morgan fingerprint density at radius 2 is 0.682 bits per heavy atom. The molecule has 3 unspecified atom stereocenters. The topological polar surface area (TPSA) is 111 Å². The van der Waals surface area contributed by atoms with Crippen LogP contribution >= 0.6 is 0 Å². The molecule has 0 N–H and O–H groups in total. The quantitative estimate of drug-likeness (QED) is 0.0329. The minimum absolute atomic E-state index is 0.152. The summed E-state index contributed by atoms with van der Waals surface area (Å²) in [5, 5.41) is 0. The van der Waals surface area contributed by atoms with E-state index in [1.54, 1.807) is 14.2 Å². The first kappa shape index (κ1) is 78.3. The van der Waals surface area contributed by atoms with Crippen LogP contribution in [0.5, 0.6) is 34.5 Å². The van der Waals surface area contributed by atoms with Crippen molar-refractivity contribution in [3.8, 4) is 34.5 Å². The molecular weight excluding hydrogens is 1100 g/mol. The predicted octanol–water partition coefficient (Wildman–Crippen LogP) is 20.1. The zero-order valence-corrected chi connectivity index (χ0v) is 56.2. The average molecular weight is 1210 g/mol. The molecule has 0 spiro atoms. The first-order valence-electron chi connectivity index (χ1n) is 29.8. The minimum atomic E-state index is -0.584. The summed E-state index contributed by atoms with van der Waals surface area (Å²) in [6, 6.07) is 47.0. The van der Waals surface area contributed by atoms with Crippen LogP contribution in [-0.4, -0.2) is 78.9 Å². The molecule has 0 fully saturated rings. The van der Waals surface area contributed by atoms with E-state index in [4.69, 9.17) is 56.8 Å². The summed E-state index contributed by atoms with van der Waals surface area (Å²) < 4.78 is 64.0. The molecule has 0 aliphatic heterocycles. The molecule has 3 atom stereocenters. The maximum Gasteiger partial charge on any atom is 0.204 e. The van der Waals surface area contributed by atoms with Gasteiger partial charge in [0.15, 0.2) is 32.5 Å². The van der Waals surface area contributed by atoms with Gasteiger partial charge in [0, 0.05) is 60.9 Å². The van der Waals surface area contributed by atoms with E-state index in [2.05, 4.69) is 39.5 Å².